The van der Waals surface area contributed by atoms with Gasteiger partial charge < -0.3 is 0 Å². The van der Waals surface area contributed by atoms with Crippen molar-refractivity contribution < 1.29 is 0 Å². The monoisotopic (exact) mass is 125 g/mol. The van der Waals surface area contributed by atoms with Crippen LogP contribution in [0.5, 0.6) is 0 Å². The van der Waals surface area contributed by atoms with Crippen molar-refractivity contribution >= 4 is 6.72 Å². The molecule has 0 unspecified atom stereocenters. The second-order valence-corrected chi connectivity index (χ2v) is 2.66. The van der Waals surface area contributed by atoms with E-state index in [4.69, 9.17) is 0 Å². The summed E-state index contributed by atoms with van der Waals surface area (Å²) in [6, 6.07) is 0. The summed E-state index contributed by atoms with van der Waals surface area (Å²) in [4.78, 5) is 3.72. The van der Waals surface area contributed by atoms with Crippen LogP contribution < -0.4 is 0 Å². The van der Waals surface area contributed by atoms with Gasteiger partial charge in [-0.25, -0.2) is 0 Å². The molecule has 0 saturated carbocycles. The molecule has 0 rings (SSSR count). The maximum Gasteiger partial charge on any atom is 0.0324 e. The molecular weight excluding hydrogens is 110 g/mol. The second-order valence-electron chi connectivity index (χ2n) is 2.66. The highest BCUT2D eigenvalue weighted by Crippen LogP contribution is 2.09. The standard InChI is InChI=1S/C8H15N/c1-7(2)5-6-8(3)9-4/h7H,3-6H2,1-2H3. The average molecular weight is 125 g/mol. The van der Waals surface area contributed by atoms with Gasteiger partial charge in [0.15, 0.2) is 0 Å². The van der Waals surface area contributed by atoms with Crippen molar-refractivity contribution in [2.45, 2.75) is 26.7 Å². The van der Waals surface area contributed by atoms with E-state index >= 15 is 0 Å². The number of hydrogen-bond donors (Lipinski definition) is 0. The van der Waals surface area contributed by atoms with Crippen LogP contribution in [0.3, 0.4) is 0 Å². The van der Waals surface area contributed by atoms with E-state index in [-0.39, 0.29) is 0 Å². The fourth-order valence-electron chi connectivity index (χ4n) is 0.534. The summed E-state index contributed by atoms with van der Waals surface area (Å²) in [7, 11) is 0. The highest BCUT2D eigenvalue weighted by molar-refractivity contribution is 5.27. The van der Waals surface area contributed by atoms with Crippen LogP contribution in [0.25, 0.3) is 0 Å². The maximum absolute atomic E-state index is 3.72. The normalized spacial score (nSPS) is 9.67. The summed E-state index contributed by atoms with van der Waals surface area (Å²) >= 11 is 0. The summed E-state index contributed by atoms with van der Waals surface area (Å²) in [5.74, 6) is 0.739. The minimum atomic E-state index is 0.739. The number of allylic oxidation sites excluding steroid dienone is 1. The van der Waals surface area contributed by atoms with Gasteiger partial charge in [-0.1, -0.05) is 20.4 Å². The molecule has 1 heteroatoms. The molecule has 0 heterocycles. The highest BCUT2D eigenvalue weighted by Gasteiger charge is 1.93. The van der Waals surface area contributed by atoms with Gasteiger partial charge in [-0.2, -0.15) is 0 Å². The molecule has 0 aromatic carbocycles. The first-order chi connectivity index (χ1) is 4.16. The predicted octanol–water partition coefficient (Wildman–Crippen LogP) is 2.64. The van der Waals surface area contributed by atoms with Gasteiger partial charge in [-0.05, 0) is 25.5 Å². The molecule has 0 fully saturated rings. The summed E-state index contributed by atoms with van der Waals surface area (Å²) in [6.45, 7) is 11.5. The van der Waals surface area contributed by atoms with E-state index in [1.165, 1.54) is 0 Å². The predicted molar refractivity (Wildman–Crippen MR) is 42.8 cm³/mol. The van der Waals surface area contributed by atoms with E-state index < -0.39 is 0 Å². The average Bonchev–Trinajstić information content (AvgIpc) is 1.83. The van der Waals surface area contributed by atoms with Crippen LogP contribution in [0.4, 0.5) is 0 Å². The largest absolute Gasteiger partial charge is 0.270 e. The summed E-state index contributed by atoms with van der Waals surface area (Å²) < 4.78 is 0. The van der Waals surface area contributed by atoms with Gasteiger partial charge in [0.05, 0.1) is 0 Å². The number of rotatable bonds is 4. The first-order valence-electron chi connectivity index (χ1n) is 3.31. The second kappa shape index (κ2) is 4.30. The minimum absolute atomic E-state index is 0.739. The van der Waals surface area contributed by atoms with Crippen LogP contribution in [-0.4, -0.2) is 6.72 Å². The molecule has 0 aliphatic rings. The third kappa shape index (κ3) is 5.28. The Bertz CT molecular complexity index is 103. The molecule has 0 aromatic heterocycles. The van der Waals surface area contributed by atoms with Gasteiger partial charge in [0.2, 0.25) is 0 Å². The van der Waals surface area contributed by atoms with Crippen LogP contribution in [0.1, 0.15) is 26.7 Å². The van der Waals surface area contributed by atoms with Crippen molar-refractivity contribution in [1.29, 1.82) is 0 Å². The van der Waals surface area contributed by atoms with Crippen molar-refractivity contribution in [1.82, 2.24) is 0 Å². The van der Waals surface area contributed by atoms with Crippen molar-refractivity contribution in [3.05, 3.63) is 12.3 Å². The van der Waals surface area contributed by atoms with E-state index in [1.807, 2.05) is 0 Å². The van der Waals surface area contributed by atoms with Crippen molar-refractivity contribution in [3.8, 4) is 0 Å². The molecule has 0 bridgehead atoms. The Morgan fingerprint density at radius 3 is 2.44 bits per heavy atom. The van der Waals surface area contributed by atoms with Crippen LogP contribution in [0.15, 0.2) is 17.3 Å². The molecule has 9 heavy (non-hydrogen) atoms. The molecule has 0 spiro atoms. The number of aliphatic imine (C=N–C) groups is 1. The van der Waals surface area contributed by atoms with Gasteiger partial charge in [-0.15, -0.1) is 0 Å². The minimum Gasteiger partial charge on any atom is -0.270 e. The van der Waals surface area contributed by atoms with Crippen molar-refractivity contribution in [2.75, 3.05) is 0 Å². The zero-order valence-corrected chi connectivity index (χ0v) is 6.35. The highest BCUT2D eigenvalue weighted by atomic mass is 14.7. The molecule has 0 saturated heterocycles. The molecule has 0 aliphatic heterocycles. The zero-order chi connectivity index (χ0) is 7.28. The first-order valence-corrected chi connectivity index (χ1v) is 3.31. The summed E-state index contributed by atoms with van der Waals surface area (Å²) in [6.07, 6.45) is 2.15. The molecule has 0 N–H and O–H groups in total. The Hall–Kier alpha value is -0.590. The van der Waals surface area contributed by atoms with Crippen molar-refractivity contribution in [2.24, 2.45) is 10.9 Å². The first kappa shape index (κ1) is 8.41. The Labute approximate surface area is 57.5 Å². The number of nitrogens with zero attached hydrogens (tertiary/aromatic N) is 1. The molecule has 0 atom stereocenters. The Kier molecular flexibility index (Phi) is 4.02. The lowest BCUT2D eigenvalue weighted by Crippen LogP contribution is -1.86. The van der Waals surface area contributed by atoms with E-state index in [2.05, 4.69) is 32.1 Å². The Morgan fingerprint density at radius 2 is 2.11 bits per heavy atom. The molecule has 0 radical (unpaired) electrons. The third-order valence-electron chi connectivity index (χ3n) is 1.23. The van der Waals surface area contributed by atoms with E-state index in [9.17, 15) is 0 Å². The van der Waals surface area contributed by atoms with Crippen LogP contribution in [0.2, 0.25) is 0 Å². The molecule has 0 aromatic rings. The summed E-state index contributed by atoms with van der Waals surface area (Å²) in [5, 5.41) is 0. The van der Waals surface area contributed by atoms with Crippen LogP contribution in [0, 0.1) is 5.92 Å². The zero-order valence-electron chi connectivity index (χ0n) is 6.35. The van der Waals surface area contributed by atoms with E-state index in [0.29, 0.717) is 0 Å². The summed E-state index contributed by atoms with van der Waals surface area (Å²) in [5.41, 5.74) is 0.906. The van der Waals surface area contributed by atoms with Gasteiger partial charge in [-0.3, -0.25) is 4.99 Å². The topological polar surface area (TPSA) is 12.4 Å². The molecule has 52 valence electrons. The molecule has 0 aliphatic carbocycles. The van der Waals surface area contributed by atoms with Gasteiger partial charge in [0.1, 0.15) is 0 Å². The van der Waals surface area contributed by atoms with E-state index in [0.717, 1.165) is 24.5 Å². The molecule has 0 amide bonds. The molecule has 1 nitrogen and oxygen atoms in total. The lowest BCUT2D eigenvalue weighted by atomic mass is 10.1. The lowest BCUT2D eigenvalue weighted by Gasteiger charge is -2.01. The lowest BCUT2D eigenvalue weighted by molar-refractivity contribution is 0.584. The van der Waals surface area contributed by atoms with Crippen LogP contribution in [-0.2, 0) is 0 Å². The quantitative estimate of drug-likeness (QED) is 0.512. The SMILES string of the molecule is C=NC(=C)CCC(C)C. The van der Waals surface area contributed by atoms with Gasteiger partial charge in [0.25, 0.3) is 0 Å². The fraction of sp³-hybridized carbons (Fsp3) is 0.625. The van der Waals surface area contributed by atoms with E-state index in [1.54, 1.807) is 0 Å². The Balaban J connectivity index is 3.27. The fourth-order valence-corrected chi connectivity index (χ4v) is 0.534. The maximum atomic E-state index is 3.72. The van der Waals surface area contributed by atoms with Crippen LogP contribution >= 0.6 is 0 Å². The Morgan fingerprint density at radius 1 is 1.56 bits per heavy atom. The third-order valence-corrected chi connectivity index (χ3v) is 1.23. The van der Waals surface area contributed by atoms with Gasteiger partial charge >= 0.3 is 0 Å². The smallest absolute Gasteiger partial charge is 0.0324 e. The number of hydrogen-bond acceptors (Lipinski definition) is 1. The van der Waals surface area contributed by atoms with Crippen molar-refractivity contribution in [3.63, 3.8) is 0 Å². The molecular formula is C8H15N. The van der Waals surface area contributed by atoms with Gasteiger partial charge in [0, 0.05) is 5.70 Å².